The van der Waals surface area contributed by atoms with Gasteiger partial charge in [-0.05, 0) is 37.3 Å². The smallest absolute Gasteiger partial charge is 0.223 e. The largest absolute Gasteiger partial charge is 0.391 e. The van der Waals surface area contributed by atoms with E-state index >= 15 is 0 Å². The maximum absolute atomic E-state index is 12.3. The summed E-state index contributed by atoms with van der Waals surface area (Å²) in [7, 11) is 0. The van der Waals surface area contributed by atoms with Gasteiger partial charge in [-0.3, -0.25) is 4.79 Å². The Morgan fingerprint density at radius 2 is 2.00 bits per heavy atom. The zero-order valence-corrected chi connectivity index (χ0v) is 15.2. The number of pyridine rings is 1. The Morgan fingerprint density at radius 3 is 2.54 bits per heavy atom. The van der Waals surface area contributed by atoms with Crippen molar-refractivity contribution < 1.29 is 9.90 Å². The first kappa shape index (κ1) is 18.7. The Kier molecular flexibility index (Phi) is 7.03. The van der Waals surface area contributed by atoms with E-state index in [9.17, 15) is 9.90 Å². The van der Waals surface area contributed by atoms with Crippen LogP contribution in [0, 0.1) is 18.8 Å². The Bertz CT molecular complexity index is 506. The molecule has 1 fully saturated rings. The number of nitrogens with one attached hydrogen (secondary N) is 1. The average molecular weight is 333 g/mol. The second-order valence-electron chi connectivity index (χ2n) is 6.84. The van der Waals surface area contributed by atoms with Crippen LogP contribution in [-0.4, -0.2) is 41.7 Å². The van der Waals surface area contributed by atoms with Crippen molar-refractivity contribution in [2.24, 2.45) is 11.8 Å². The second-order valence-corrected chi connectivity index (χ2v) is 6.84. The van der Waals surface area contributed by atoms with Crippen molar-refractivity contribution in [1.82, 2.24) is 10.3 Å². The van der Waals surface area contributed by atoms with Crippen LogP contribution in [0.15, 0.2) is 18.3 Å². The quantitative estimate of drug-likeness (QED) is 0.805. The van der Waals surface area contributed by atoms with Crippen molar-refractivity contribution in [3.8, 4) is 0 Å². The topological polar surface area (TPSA) is 65.5 Å². The van der Waals surface area contributed by atoms with Crippen molar-refractivity contribution in [1.29, 1.82) is 0 Å². The molecule has 0 aromatic carbocycles. The first-order chi connectivity index (χ1) is 11.5. The second kappa shape index (κ2) is 9.02. The molecule has 0 aliphatic carbocycles. The molecule has 1 unspecified atom stereocenters. The summed E-state index contributed by atoms with van der Waals surface area (Å²) in [4.78, 5) is 19.0. The van der Waals surface area contributed by atoms with Crippen LogP contribution in [0.25, 0.3) is 0 Å². The van der Waals surface area contributed by atoms with Crippen molar-refractivity contribution in [2.75, 3.05) is 24.5 Å². The molecule has 1 amide bonds. The molecular formula is C19H31N3O2. The molecule has 1 atom stereocenters. The number of hydrogen-bond acceptors (Lipinski definition) is 4. The van der Waals surface area contributed by atoms with Gasteiger partial charge in [0.1, 0.15) is 5.82 Å². The molecule has 2 heterocycles. The summed E-state index contributed by atoms with van der Waals surface area (Å²) in [6.45, 7) is 8.25. The third kappa shape index (κ3) is 4.94. The molecule has 1 aliphatic rings. The highest BCUT2D eigenvalue weighted by Crippen LogP contribution is 2.22. The van der Waals surface area contributed by atoms with Crippen LogP contribution in [0.2, 0.25) is 0 Å². The maximum Gasteiger partial charge on any atom is 0.223 e. The van der Waals surface area contributed by atoms with Crippen LogP contribution < -0.4 is 10.2 Å². The van der Waals surface area contributed by atoms with Crippen LogP contribution in [0.5, 0.6) is 0 Å². The molecule has 0 bridgehead atoms. The highest BCUT2D eigenvalue weighted by atomic mass is 16.3. The number of rotatable bonds is 7. The fraction of sp³-hybridized carbons (Fsp3) is 0.684. The number of aromatic nitrogens is 1. The number of carbonyl (C=O) groups is 1. The number of piperidine rings is 1. The highest BCUT2D eigenvalue weighted by Gasteiger charge is 2.26. The number of nitrogens with zero attached hydrogens (tertiary/aromatic N) is 2. The molecule has 5 nitrogen and oxygen atoms in total. The number of aryl methyl sites for hydroxylation is 1. The predicted octanol–water partition coefficient (Wildman–Crippen LogP) is 2.52. The van der Waals surface area contributed by atoms with Gasteiger partial charge in [0, 0.05) is 31.7 Å². The third-order valence-electron chi connectivity index (χ3n) is 5.16. The van der Waals surface area contributed by atoms with Crippen molar-refractivity contribution in [2.45, 2.75) is 52.6 Å². The van der Waals surface area contributed by atoms with Crippen molar-refractivity contribution in [3.63, 3.8) is 0 Å². The summed E-state index contributed by atoms with van der Waals surface area (Å²) in [5.41, 5.74) is 1.16. The van der Waals surface area contributed by atoms with Gasteiger partial charge in [-0.25, -0.2) is 4.98 Å². The first-order valence-corrected chi connectivity index (χ1v) is 9.18. The highest BCUT2D eigenvalue weighted by molar-refractivity contribution is 5.79. The van der Waals surface area contributed by atoms with E-state index in [0.717, 1.165) is 50.2 Å². The van der Waals surface area contributed by atoms with Crippen LogP contribution in [0.1, 0.15) is 45.1 Å². The maximum atomic E-state index is 12.3. The molecule has 0 saturated carbocycles. The van der Waals surface area contributed by atoms with Crippen LogP contribution in [0.3, 0.4) is 0 Å². The molecule has 1 saturated heterocycles. The number of hydrogen-bond donors (Lipinski definition) is 2. The number of aliphatic hydroxyl groups is 1. The fourth-order valence-electron chi connectivity index (χ4n) is 3.37. The molecule has 2 rings (SSSR count). The van der Waals surface area contributed by atoms with Gasteiger partial charge in [0.2, 0.25) is 5.91 Å². The molecule has 24 heavy (non-hydrogen) atoms. The van der Waals surface area contributed by atoms with Crippen LogP contribution >= 0.6 is 0 Å². The van der Waals surface area contributed by atoms with E-state index in [2.05, 4.69) is 35.1 Å². The minimum absolute atomic E-state index is 0.0422. The van der Waals surface area contributed by atoms with Gasteiger partial charge in [-0.15, -0.1) is 0 Å². The first-order valence-electron chi connectivity index (χ1n) is 9.18. The summed E-state index contributed by atoms with van der Waals surface area (Å²) >= 11 is 0. The predicted molar refractivity (Wildman–Crippen MR) is 97.0 cm³/mol. The van der Waals surface area contributed by atoms with Gasteiger partial charge in [0.05, 0.1) is 6.10 Å². The minimum Gasteiger partial charge on any atom is -0.391 e. The molecule has 2 N–H and O–H groups in total. The molecule has 0 radical (unpaired) electrons. The van der Waals surface area contributed by atoms with Crippen LogP contribution in [0.4, 0.5) is 5.82 Å². The zero-order valence-electron chi connectivity index (χ0n) is 15.2. The summed E-state index contributed by atoms with van der Waals surface area (Å²) in [5.74, 6) is 1.38. The number of anilines is 1. The Labute approximate surface area is 145 Å². The number of aliphatic hydroxyl groups excluding tert-OH is 1. The van der Waals surface area contributed by atoms with Crippen molar-refractivity contribution in [3.05, 3.63) is 23.9 Å². The van der Waals surface area contributed by atoms with Gasteiger partial charge >= 0.3 is 0 Å². The molecular weight excluding hydrogens is 302 g/mol. The molecule has 134 valence electrons. The van der Waals surface area contributed by atoms with E-state index in [1.165, 1.54) is 0 Å². The van der Waals surface area contributed by atoms with E-state index < -0.39 is 6.10 Å². The fourth-order valence-corrected chi connectivity index (χ4v) is 3.37. The molecule has 1 aromatic rings. The summed E-state index contributed by atoms with van der Waals surface area (Å²) < 4.78 is 0. The van der Waals surface area contributed by atoms with Crippen LogP contribution in [-0.2, 0) is 4.79 Å². The standard InChI is InChI=1S/C19H31N3O2/c1-4-15(5-2)17(23)13-21-19(24)16-8-10-22(11-9-16)18-7-6-14(3)12-20-18/h6-7,12,15-17,23H,4-5,8-11,13H2,1-3H3,(H,21,24). The zero-order chi connectivity index (χ0) is 17.5. The van der Waals surface area contributed by atoms with Crippen molar-refractivity contribution >= 4 is 11.7 Å². The average Bonchev–Trinajstić information content (AvgIpc) is 2.61. The lowest BCUT2D eigenvalue weighted by molar-refractivity contribution is -0.126. The normalized spacial score (nSPS) is 17.1. The monoisotopic (exact) mass is 333 g/mol. The minimum atomic E-state index is -0.444. The van der Waals surface area contributed by atoms with Gasteiger partial charge < -0.3 is 15.3 Å². The van der Waals surface area contributed by atoms with E-state index in [0.29, 0.717) is 6.54 Å². The lowest BCUT2D eigenvalue weighted by atomic mass is 9.94. The Hall–Kier alpha value is -1.62. The van der Waals surface area contributed by atoms with Gasteiger partial charge in [-0.2, -0.15) is 0 Å². The van der Waals surface area contributed by atoms with E-state index in [1.807, 2.05) is 19.2 Å². The third-order valence-corrected chi connectivity index (χ3v) is 5.16. The van der Waals surface area contributed by atoms with Gasteiger partial charge in [0.25, 0.3) is 0 Å². The molecule has 5 heteroatoms. The Balaban J connectivity index is 1.77. The van der Waals surface area contributed by atoms with E-state index in [-0.39, 0.29) is 17.7 Å². The van der Waals surface area contributed by atoms with E-state index in [1.54, 1.807) is 0 Å². The molecule has 1 aromatic heterocycles. The lowest BCUT2D eigenvalue weighted by Gasteiger charge is -2.32. The van der Waals surface area contributed by atoms with E-state index in [4.69, 9.17) is 0 Å². The summed E-state index contributed by atoms with van der Waals surface area (Å²) in [5, 5.41) is 13.1. The molecule has 1 aliphatic heterocycles. The summed E-state index contributed by atoms with van der Waals surface area (Å²) in [6, 6.07) is 4.11. The lowest BCUT2D eigenvalue weighted by Crippen LogP contribution is -2.43. The molecule has 0 spiro atoms. The van der Waals surface area contributed by atoms with Gasteiger partial charge in [0.15, 0.2) is 0 Å². The van der Waals surface area contributed by atoms with Gasteiger partial charge in [-0.1, -0.05) is 32.8 Å². The summed E-state index contributed by atoms with van der Waals surface area (Å²) in [6.07, 6.45) is 4.99. The Morgan fingerprint density at radius 1 is 1.33 bits per heavy atom. The number of carbonyl (C=O) groups excluding carboxylic acids is 1. The number of amides is 1. The SMILES string of the molecule is CCC(CC)C(O)CNC(=O)C1CCN(c2ccc(C)cn2)CC1.